The fourth-order valence-corrected chi connectivity index (χ4v) is 2.24. The molecule has 0 saturated heterocycles. The van der Waals surface area contributed by atoms with Gasteiger partial charge in [-0.25, -0.2) is 4.39 Å². The summed E-state index contributed by atoms with van der Waals surface area (Å²) in [5.74, 6) is -0.357. The van der Waals surface area contributed by atoms with E-state index in [1.54, 1.807) is 12.1 Å². The monoisotopic (exact) mass is 239 g/mol. The molecule has 0 fully saturated rings. The molecule has 2 nitrogen and oxygen atoms in total. The van der Waals surface area contributed by atoms with Crippen molar-refractivity contribution >= 4 is 0 Å². The summed E-state index contributed by atoms with van der Waals surface area (Å²) < 4.78 is 13.8. The predicted molar refractivity (Wildman–Crippen MR) is 68.6 cm³/mol. The summed E-state index contributed by atoms with van der Waals surface area (Å²) >= 11 is 0. The van der Waals surface area contributed by atoms with Crippen LogP contribution in [0.25, 0.3) is 0 Å². The smallest absolute Gasteiger partial charge is 0.131 e. The van der Waals surface area contributed by atoms with Crippen LogP contribution >= 0.6 is 0 Å². The lowest BCUT2D eigenvalue weighted by molar-refractivity contribution is 0.156. The topological polar surface area (TPSA) is 23.5 Å². The van der Waals surface area contributed by atoms with Gasteiger partial charge in [-0.15, -0.1) is 0 Å². The third-order valence-electron chi connectivity index (χ3n) is 3.45. The Morgan fingerprint density at radius 3 is 2.41 bits per heavy atom. The molecule has 2 unspecified atom stereocenters. The molecule has 0 aromatic heterocycles. The lowest BCUT2D eigenvalue weighted by Crippen LogP contribution is -2.35. The first-order valence-electron chi connectivity index (χ1n) is 6.25. The van der Waals surface area contributed by atoms with Crippen molar-refractivity contribution in [2.45, 2.75) is 46.2 Å². The number of halogens is 1. The number of phenols is 1. The maximum absolute atomic E-state index is 13.8. The minimum absolute atomic E-state index is 0.0231. The van der Waals surface area contributed by atoms with Crippen molar-refractivity contribution < 1.29 is 9.50 Å². The maximum atomic E-state index is 13.8. The zero-order valence-corrected chi connectivity index (χ0v) is 11.1. The van der Waals surface area contributed by atoms with E-state index in [0.717, 1.165) is 13.0 Å². The summed E-state index contributed by atoms with van der Waals surface area (Å²) in [6.45, 7) is 9.26. The minimum Gasteiger partial charge on any atom is -0.508 e. The van der Waals surface area contributed by atoms with Gasteiger partial charge in [-0.3, -0.25) is 4.90 Å². The molecule has 1 aromatic rings. The highest BCUT2D eigenvalue weighted by Crippen LogP contribution is 2.27. The van der Waals surface area contributed by atoms with Gasteiger partial charge in [-0.1, -0.05) is 19.9 Å². The molecule has 1 aromatic carbocycles. The van der Waals surface area contributed by atoms with Crippen LogP contribution in [0.2, 0.25) is 0 Å². The summed E-state index contributed by atoms with van der Waals surface area (Å²) in [7, 11) is 0. The average molecular weight is 239 g/mol. The van der Waals surface area contributed by atoms with Crippen molar-refractivity contribution in [3.8, 4) is 5.75 Å². The van der Waals surface area contributed by atoms with Gasteiger partial charge in [0.2, 0.25) is 0 Å². The second-order valence-electron chi connectivity index (χ2n) is 4.47. The van der Waals surface area contributed by atoms with Gasteiger partial charge in [0.05, 0.1) is 0 Å². The Morgan fingerprint density at radius 2 is 1.94 bits per heavy atom. The van der Waals surface area contributed by atoms with E-state index >= 15 is 0 Å². The van der Waals surface area contributed by atoms with Crippen molar-refractivity contribution in [1.82, 2.24) is 4.90 Å². The zero-order chi connectivity index (χ0) is 13.0. The van der Waals surface area contributed by atoms with E-state index in [0.29, 0.717) is 11.6 Å². The highest BCUT2D eigenvalue weighted by Gasteiger charge is 2.21. The van der Waals surface area contributed by atoms with E-state index in [4.69, 9.17) is 0 Å². The first-order valence-corrected chi connectivity index (χ1v) is 6.25. The Bertz CT molecular complexity index is 367. The molecular weight excluding hydrogens is 217 g/mol. The Kier molecular flexibility index (Phi) is 4.94. The average Bonchev–Trinajstić information content (AvgIpc) is 2.29. The van der Waals surface area contributed by atoms with E-state index in [2.05, 4.69) is 25.7 Å². The van der Waals surface area contributed by atoms with Gasteiger partial charge >= 0.3 is 0 Å². The molecule has 0 aliphatic rings. The van der Waals surface area contributed by atoms with E-state index in [1.807, 2.05) is 6.92 Å². The Labute approximate surface area is 103 Å². The molecule has 0 radical (unpaired) electrons. The van der Waals surface area contributed by atoms with Gasteiger partial charge in [-0.05, 0) is 32.9 Å². The summed E-state index contributed by atoms with van der Waals surface area (Å²) in [5, 5.41) is 9.22. The molecule has 0 heterocycles. The lowest BCUT2D eigenvalue weighted by Gasteiger charge is -2.33. The third kappa shape index (κ3) is 3.19. The number of hydrogen-bond donors (Lipinski definition) is 1. The summed E-state index contributed by atoms with van der Waals surface area (Å²) in [4.78, 5) is 2.26. The molecule has 0 saturated carbocycles. The van der Waals surface area contributed by atoms with E-state index in [1.165, 1.54) is 6.07 Å². The Balaban J connectivity index is 2.97. The van der Waals surface area contributed by atoms with Gasteiger partial charge in [0.1, 0.15) is 11.6 Å². The van der Waals surface area contributed by atoms with Crippen LogP contribution in [0.4, 0.5) is 4.39 Å². The highest BCUT2D eigenvalue weighted by molar-refractivity contribution is 5.29. The molecule has 0 aliphatic carbocycles. The van der Waals surface area contributed by atoms with Gasteiger partial charge in [0, 0.05) is 23.7 Å². The molecule has 0 spiro atoms. The molecule has 1 N–H and O–H groups in total. The largest absolute Gasteiger partial charge is 0.508 e. The number of nitrogens with zero attached hydrogens (tertiary/aromatic N) is 1. The van der Waals surface area contributed by atoms with Crippen LogP contribution in [0.5, 0.6) is 5.75 Å². The van der Waals surface area contributed by atoms with E-state index in [-0.39, 0.29) is 17.6 Å². The molecule has 17 heavy (non-hydrogen) atoms. The first kappa shape index (κ1) is 14.0. The maximum Gasteiger partial charge on any atom is 0.131 e. The fraction of sp³-hybridized carbons (Fsp3) is 0.571. The van der Waals surface area contributed by atoms with Gasteiger partial charge < -0.3 is 5.11 Å². The third-order valence-corrected chi connectivity index (χ3v) is 3.45. The second-order valence-corrected chi connectivity index (χ2v) is 4.47. The molecule has 0 amide bonds. The quantitative estimate of drug-likeness (QED) is 0.846. The van der Waals surface area contributed by atoms with Gasteiger partial charge in [0.25, 0.3) is 0 Å². The first-order chi connectivity index (χ1) is 8.01. The number of phenolic OH excluding ortho intramolecular Hbond substituents is 1. The molecule has 0 bridgehead atoms. The number of hydrogen-bond acceptors (Lipinski definition) is 2. The number of rotatable bonds is 5. The molecule has 0 aliphatic heterocycles. The van der Waals surface area contributed by atoms with Crippen LogP contribution in [-0.4, -0.2) is 22.6 Å². The van der Waals surface area contributed by atoms with Crippen molar-refractivity contribution in [3.05, 3.63) is 29.6 Å². The fourth-order valence-electron chi connectivity index (χ4n) is 2.24. The van der Waals surface area contributed by atoms with Crippen LogP contribution in [0.3, 0.4) is 0 Å². The van der Waals surface area contributed by atoms with Crippen LogP contribution < -0.4 is 0 Å². The molecule has 1 rings (SSSR count). The molecular formula is C14H22FNO. The van der Waals surface area contributed by atoms with Crippen molar-refractivity contribution in [3.63, 3.8) is 0 Å². The molecule has 2 atom stereocenters. The van der Waals surface area contributed by atoms with Crippen molar-refractivity contribution in [1.29, 1.82) is 0 Å². The van der Waals surface area contributed by atoms with E-state index < -0.39 is 0 Å². The van der Waals surface area contributed by atoms with Crippen LogP contribution in [-0.2, 0) is 0 Å². The van der Waals surface area contributed by atoms with Crippen molar-refractivity contribution in [2.75, 3.05) is 6.54 Å². The summed E-state index contributed by atoms with van der Waals surface area (Å²) in [6.07, 6.45) is 1.04. The second kappa shape index (κ2) is 6.01. The zero-order valence-electron chi connectivity index (χ0n) is 11.1. The van der Waals surface area contributed by atoms with Crippen LogP contribution in [0, 0.1) is 5.82 Å². The minimum atomic E-state index is -0.334. The number of aromatic hydroxyl groups is 1. The van der Waals surface area contributed by atoms with Crippen LogP contribution in [0.15, 0.2) is 18.2 Å². The number of benzene rings is 1. The molecule has 96 valence electrons. The van der Waals surface area contributed by atoms with Gasteiger partial charge in [-0.2, -0.15) is 0 Å². The van der Waals surface area contributed by atoms with Crippen molar-refractivity contribution in [2.24, 2.45) is 0 Å². The summed E-state index contributed by atoms with van der Waals surface area (Å²) in [6, 6.07) is 4.83. The van der Waals surface area contributed by atoms with E-state index in [9.17, 15) is 9.50 Å². The summed E-state index contributed by atoms with van der Waals surface area (Å²) in [5.41, 5.74) is 0.643. The Hall–Kier alpha value is -1.09. The van der Waals surface area contributed by atoms with Crippen LogP contribution in [0.1, 0.15) is 45.7 Å². The van der Waals surface area contributed by atoms with Gasteiger partial charge in [0.15, 0.2) is 0 Å². The lowest BCUT2D eigenvalue weighted by atomic mass is 10.0. The Morgan fingerprint density at radius 1 is 1.29 bits per heavy atom. The molecule has 3 heteroatoms. The highest BCUT2D eigenvalue weighted by atomic mass is 19.1. The standard InChI is InChI=1S/C14H22FNO/c1-5-10(3)16(6-2)11(4)13-8-7-12(17)9-14(13)15/h7-11,17H,5-6H2,1-4H3. The normalized spacial score (nSPS) is 14.9. The SMILES string of the molecule is CCC(C)N(CC)C(C)c1ccc(O)cc1F. The predicted octanol–water partition coefficient (Wildman–Crippen LogP) is 3.71.